The van der Waals surface area contributed by atoms with Crippen molar-refractivity contribution >= 4 is 27.5 Å². The van der Waals surface area contributed by atoms with E-state index in [1.165, 1.54) is 0 Å². The smallest absolute Gasteiger partial charge is 0.246 e. The lowest BCUT2D eigenvalue weighted by molar-refractivity contribution is -0.121. The number of aromatic nitrogens is 2. The summed E-state index contributed by atoms with van der Waals surface area (Å²) in [6.45, 7) is 7.59. The molecular formula is C22H31ClN4O3S. The molecule has 1 aromatic carbocycles. The van der Waals surface area contributed by atoms with E-state index in [0.717, 1.165) is 24.8 Å². The van der Waals surface area contributed by atoms with Crippen molar-refractivity contribution in [2.24, 2.45) is 5.92 Å². The molecule has 2 aromatic rings. The number of carbonyl (C=O) groups excluding carboxylic acids is 1. The molecule has 1 saturated heterocycles. The Labute approximate surface area is 189 Å². The van der Waals surface area contributed by atoms with Gasteiger partial charge >= 0.3 is 0 Å². The van der Waals surface area contributed by atoms with Gasteiger partial charge in [-0.2, -0.15) is 9.40 Å². The molecule has 1 aromatic heterocycles. The highest BCUT2D eigenvalue weighted by Crippen LogP contribution is 2.27. The average molecular weight is 467 g/mol. The van der Waals surface area contributed by atoms with E-state index in [4.69, 9.17) is 11.6 Å². The van der Waals surface area contributed by atoms with Gasteiger partial charge in [0.2, 0.25) is 15.9 Å². The van der Waals surface area contributed by atoms with Crippen molar-refractivity contribution in [1.82, 2.24) is 19.4 Å². The number of piperidine rings is 1. The fraction of sp³-hybridized carbons (Fsp3) is 0.545. The minimum absolute atomic E-state index is 0.0871. The molecule has 0 aliphatic carbocycles. The predicted octanol–water partition coefficient (Wildman–Crippen LogP) is 3.32. The number of halogens is 1. The molecule has 31 heavy (non-hydrogen) atoms. The van der Waals surface area contributed by atoms with Crippen LogP contribution in [0.4, 0.5) is 0 Å². The summed E-state index contributed by atoms with van der Waals surface area (Å²) in [5.74, 6) is 0.463. The van der Waals surface area contributed by atoms with Gasteiger partial charge in [0, 0.05) is 31.1 Å². The maximum absolute atomic E-state index is 13.2. The maximum Gasteiger partial charge on any atom is 0.246 e. The minimum atomic E-state index is -3.57. The highest BCUT2D eigenvalue weighted by Gasteiger charge is 2.32. The van der Waals surface area contributed by atoms with Crippen LogP contribution >= 0.6 is 11.6 Å². The number of sulfonamides is 1. The van der Waals surface area contributed by atoms with Crippen LogP contribution in [0.2, 0.25) is 5.02 Å². The molecule has 1 aliphatic rings. The summed E-state index contributed by atoms with van der Waals surface area (Å²) in [4.78, 5) is 12.5. The zero-order chi connectivity index (χ0) is 22.6. The van der Waals surface area contributed by atoms with Gasteiger partial charge in [0.15, 0.2) is 0 Å². The third kappa shape index (κ3) is 5.87. The summed E-state index contributed by atoms with van der Waals surface area (Å²) in [6.07, 6.45) is 2.71. The predicted molar refractivity (Wildman–Crippen MR) is 122 cm³/mol. The van der Waals surface area contributed by atoms with Gasteiger partial charge in [-0.25, -0.2) is 8.42 Å². The molecule has 7 nitrogen and oxygen atoms in total. The van der Waals surface area contributed by atoms with E-state index < -0.39 is 10.0 Å². The summed E-state index contributed by atoms with van der Waals surface area (Å²) in [5.41, 5.74) is 2.18. The second-order valence-corrected chi connectivity index (χ2v) is 10.6. The molecule has 1 amide bonds. The van der Waals surface area contributed by atoms with Crippen LogP contribution in [0.1, 0.15) is 43.1 Å². The number of nitrogens with one attached hydrogen (secondary N) is 1. The number of nitrogens with zero attached hydrogens (tertiary/aromatic N) is 3. The number of aryl methyl sites for hydroxylation is 2. The zero-order valence-electron chi connectivity index (χ0n) is 18.4. The Morgan fingerprint density at radius 1 is 1.19 bits per heavy atom. The van der Waals surface area contributed by atoms with Crippen molar-refractivity contribution in [1.29, 1.82) is 0 Å². The number of amides is 1. The van der Waals surface area contributed by atoms with Crippen LogP contribution in [0, 0.1) is 19.8 Å². The van der Waals surface area contributed by atoms with Crippen LogP contribution in [0.3, 0.4) is 0 Å². The van der Waals surface area contributed by atoms with Gasteiger partial charge in [0.25, 0.3) is 0 Å². The average Bonchev–Trinajstić information content (AvgIpc) is 3.02. The van der Waals surface area contributed by atoms with Crippen molar-refractivity contribution in [2.75, 3.05) is 19.6 Å². The Morgan fingerprint density at radius 3 is 2.48 bits per heavy atom. The quantitative estimate of drug-likeness (QED) is 0.646. The largest absolute Gasteiger partial charge is 0.356 e. The Kier molecular flexibility index (Phi) is 7.78. The Bertz CT molecular complexity index is 1010. The van der Waals surface area contributed by atoms with Gasteiger partial charge < -0.3 is 5.32 Å². The molecule has 9 heteroatoms. The van der Waals surface area contributed by atoms with E-state index in [-0.39, 0.29) is 17.2 Å². The first-order valence-electron chi connectivity index (χ1n) is 10.7. The van der Waals surface area contributed by atoms with Crippen molar-refractivity contribution in [3.8, 4) is 0 Å². The van der Waals surface area contributed by atoms with Crippen molar-refractivity contribution in [3.05, 3.63) is 46.2 Å². The van der Waals surface area contributed by atoms with Crippen LogP contribution in [0.5, 0.6) is 0 Å². The fourth-order valence-electron chi connectivity index (χ4n) is 3.92. The van der Waals surface area contributed by atoms with Gasteiger partial charge in [0.1, 0.15) is 4.90 Å². The maximum atomic E-state index is 13.2. The Morgan fingerprint density at radius 2 is 1.84 bits per heavy atom. The third-order valence-electron chi connectivity index (χ3n) is 5.86. The lowest BCUT2D eigenvalue weighted by Crippen LogP contribution is -2.38. The van der Waals surface area contributed by atoms with Crippen LogP contribution in [-0.2, 0) is 27.8 Å². The van der Waals surface area contributed by atoms with Crippen molar-refractivity contribution in [2.45, 2.75) is 57.9 Å². The van der Waals surface area contributed by atoms with E-state index in [2.05, 4.69) is 17.3 Å². The lowest BCUT2D eigenvalue weighted by Gasteiger charge is -2.29. The molecule has 0 saturated carbocycles. The molecular weight excluding hydrogens is 436 g/mol. The van der Waals surface area contributed by atoms with Gasteiger partial charge in [0.05, 0.1) is 17.9 Å². The second kappa shape index (κ2) is 10.1. The number of benzene rings is 1. The molecule has 0 spiro atoms. The molecule has 1 N–H and O–H groups in total. The number of carbonyl (C=O) groups is 1. The second-order valence-electron chi connectivity index (χ2n) is 8.29. The molecule has 0 atom stereocenters. The molecule has 1 aliphatic heterocycles. The van der Waals surface area contributed by atoms with Crippen LogP contribution in [-0.4, -0.2) is 48.0 Å². The first-order valence-corrected chi connectivity index (χ1v) is 12.6. The number of hydrogen-bond donors (Lipinski definition) is 1. The minimum Gasteiger partial charge on any atom is -0.356 e. The number of rotatable bonds is 8. The van der Waals surface area contributed by atoms with Crippen LogP contribution in [0.15, 0.2) is 29.2 Å². The Hall–Kier alpha value is -1.90. The standard InChI is InChI=1S/C22H31ClN4O3S/c1-16-9-13-26(14-10-16)31(29,30)22-17(2)25-27(18(22)3)15-11-21(28)24-12-8-19-4-6-20(23)7-5-19/h4-7,16H,8-15H2,1-3H3,(H,24,28). The molecule has 2 heterocycles. The summed E-state index contributed by atoms with van der Waals surface area (Å²) in [6, 6.07) is 7.54. The normalized spacial score (nSPS) is 15.9. The lowest BCUT2D eigenvalue weighted by atomic mass is 10.0. The SMILES string of the molecule is Cc1nn(CCC(=O)NCCc2ccc(Cl)cc2)c(C)c1S(=O)(=O)N1CCC(C)CC1. The molecule has 0 bridgehead atoms. The molecule has 3 rings (SSSR count). The summed E-state index contributed by atoms with van der Waals surface area (Å²) >= 11 is 5.88. The number of hydrogen-bond acceptors (Lipinski definition) is 4. The van der Waals surface area contributed by atoms with Crippen LogP contribution in [0.25, 0.3) is 0 Å². The van der Waals surface area contributed by atoms with E-state index >= 15 is 0 Å². The molecule has 0 radical (unpaired) electrons. The van der Waals surface area contributed by atoms with Gasteiger partial charge in [-0.3, -0.25) is 9.48 Å². The van der Waals surface area contributed by atoms with Gasteiger partial charge in [-0.15, -0.1) is 0 Å². The van der Waals surface area contributed by atoms with E-state index in [1.807, 2.05) is 24.3 Å². The summed E-state index contributed by atoms with van der Waals surface area (Å²) < 4.78 is 29.5. The zero-order valence-corrected chi connectivity index (χ0v) is 20.0. The third-order valence-corrected chi connectivity index (χ3v) is 8.26. The molecule has 0 unspecified atom stereocenters. The van der Waals surface area contributed by atoms with E-state index in [9.17, 15) is 13.2 Å². The van der Waals surface area contributed by atoms with Crippen molar-refractivity contribution in [3.63, 3.8) is 0 Å². The first kappa shape index (κ1) is 23.8. The van der Waals surface area contributed by atoms with Gasteiger partial charge in [-0.05, 0) is 56.7 Å². The monoisotopic (exact) mass is 466 g/mol. The summed E-state index contributed by atoms with van der Waals surface area (Å²) in [5, 5.41) is 8.00. The fourth-order valence-corrected chi connectivity index (χ4v) is 5.89. The first-order chi connectivity index (χ1) is 14.7. The van der Waals surface area contributed by atoms with Crippen LogP contribution < -0.4 is 5.32 Å². The van der Waals surface area contributed by atoms with Gasteiger partial charge in [-0.1, -0.05) is 30.7 Å². The Balaban J connectivity index is 1.56. The van der Waals surface area contributed by atoms with Crippen molar-refractivity contribution < 1.29 is 13.2 Å². The van der Waals surface area contributed by atoms with E-state index in [1.54, 1.807) is 22.8 Å². The highest BCUT2D eigenvalue weighted by molar-refractivity contribution is 7.89. The highest BCUT2D eigenvalue weighted by atomic mass is 35.5. The molecule has 170 valence electrons. The topological polar surface area (TPSA) is 84.3 Å². The molecule has 1 fully saturated rings. The summed E-state index contributed by atoms with van der Waals surface area (Å²) in [7, 11) is -3.57. The van der Waals surface area contributed by atoms with E-state index in [0.29, 0.717) is 48.5 Å².